The van der Waals surface area contributed by atoms with Crippen molar-refractivity contribution in [2.75, 3.05) is 11.9 Å². The van der Waals surface area contributed by atoms with Gasteiger partial charge in [0, 0.05) is 12.2 Å². The summed E-state index contributed by atoms with van der Waals surface area (Å²) in [6.45, 7) is 3.05. The fraction of sp³-hybridized carbons (Fsp3) is 0.188. The van der Waals surface area contributed by atoms with Gasteiger partial charge in [0.15, 0.2) is 0 Å². The Morgan fingerprint density at radius 2 is 1.79 bits per heavy atom. The average molecular weight is 255 g/mol. The van der Waals surface area contributed by atoms with Crippen molar-refractivity contribution in [3.8, 4) is 11.1 Å². The molecular formula is C16H17NO2. The first kappa shape index (κ1) is 13.1. The van der Waals surface area contributed by atoms with E-state index in [0.29, 0.717) is 5.56 Å². The Hall–Kier alpha value is -2.29. The summed E-state index contributed by atoms with van der Waals surface area (Å²) in [5, 5.41) is 12.3. The molecule has 0 spiro atoms. The zero-order valence-corrected chi connectivity index (χ0v) is 10.9. The third kappa shape index (κ3) is 3.35. The summed E-state index contributed by atoms with van der Waals surface area (Å²) in [6, 6.07) is 15.0. The molecule has 0 heterocycles. The average Bonchev–Trinajstić information content (AvgIpc) is 2.45. The minimum Gasteiger partial charge on any atom is -0.478 e. The van der Waals surface area contributed by atoms with Crippen LogP contribution in [0, 0.1) is 0 Å². The summed E-state index contributed by atoms with van der Waals surface area (Å²) in [5.41, 5.74) is 3.30. The molecule has 3 heteroatoms. The largest absolute Gasteiger partial charge is 0.478 e. The Bertz CT molecular complexity index is 578. The summed E-state index contributed by atoms with van der Waals surface area (Å²) >= 11 is 0. The predicted octanol–water partition coefficient (Wildman–Crippen LogP) is 3.87. The molecule has 0 saturated carbocycles. The molecule has 0 unspecified atom stereocenters. The van der Waals surface area contributed by atoms with Crippen LogP contribution in [0.1, 0.15) is 23.7 Å². The molecule has 3 nitrogen and oxygen atoms in total. The highest BCUT2D eigenvalue weighted by molar-refractivity contribution is 5.89. The van der Waals surface area contributed by atoms with Crippen LogP contribution in [0.4, 0.5) is 5.69 Å². The molecular weight excluding hydrogens is 238 g/mol. The zero-order valence-electron chi connectivity index (χ0n) is 10.9. The van der Waals surface area contributed by atoms with Crippen LogP contribution in [0.5, 0.6) is 0 Å². The van der Waals surface area contributed by atoms with Crippen molar-refractivity contribution in [3.05, 3.63) is 54.1 Å². The molecule has 0 saturated heterocycles. The fourth-order valence-corrected chi connectivity index (χ4v) is 1.91. The molecule has 0 aliphatic rings. The molecule has 0 bridgehead atoms. The highest BCUT2D eigenvalue weighted by Crippen LogP contribution is 2.23. The van der Waals surface area contributed by atoms with Crippen molar-refractivity contribution in [1.82, 2.24) is 0 Å². The van der Waals surface area contributed by atoms with E-state index in [0.717, 1.165) is 29.8 Å². The highest BCUT2D eigenvalue weighted by atomic mass is 16.4. The van der Waals surface area contributed by atoms with Crippen LogP contribution in [0.25, 0.3) is 11.1 Å². The number of nitrogens with one attached hydrogen (secondary N) is 1. The number of hydrogen-bond acceptors (Lipinski definition) is 2. The quantitative estimate of drug-likeness (QED) is 0.852. The van der Waals surface area contributed by atoms with Crippen LogP contribution in [0.3, 0.4) is 0 Å². The van der Waals surface area contributed by atoms with E-state index >= 15 is 0 Å². The number of rotatable bonds is 5. The number of carbonyl (C=O) groups is 1. The lowest BCUT2D eigenvalue weighted by molar-refractivity contribution is 0.0697. The van der Waals surface area contributed by atoms with Gasteiger partial charge in [-0.1, -0.05) is 31.2 Å². The van der Waals surface area contributed by atoms with E-state index in [1.165, 1.54) is 0 Å². The smallest absolute Gasteiger partial charge is 0.335 e. The number of hydrogen-bond donors (Lipinski definition) is 2. The maximum Gasteiger partial charge on any atom is 0.335 e. The van der Waals surface area contributed by atoms with E-state index in [1.807, 2.05) is 30.3 Å². The molecule has 0 fully saturated rings. The van der Waals surface area contributed by atoms with Gasteiger partial charge in [0.2, 0.25) is 0 Å². The van der Waals surface area contributed by atoms with E-state index in [9.17, 15) is 4.79 Å². The summed E-state index contributed by atoms with van der Waals surface area (Å²) in [5.74, 6) is -0.901. The number of benzene rings is 2. The van der Waals surface area contributed by atoms with Gasteiger partial charge in [0.1, 0.15) is 0 Å². The molecule has 0 radical (unpaired) electrons. The van der Waals surface area contributed by atoms with Crippen molar-refractivity contribution in [3.63, 3.8) is 0 Å². The van der Waals surface area contributed by atoms with Crippen molar-refractivity contribution in [1.29, 1.82) is 0 Å². The van der Waals surface area contributed by atoms with Crippen LogP contribution in [-0.2, 0) is 0 Å². The van der Waals surface area contributed by atoms with E-state index in [1.54, 1.807) is 18.2 Å². The summed E-state index contributed by atoms with van der Waals surface area (Å²) in [4.78, 5) is 11.0. The van der Waals surface area contributed by atoms with Crippen LogP contribution < -0.4 is 5.32 Å². The lowest BCUT2D eigenvalue weighted by atomic mass is 10.0. The second-order valence-electron chi connectivity index (χ2n) is 4.39. The summed E-state index contributed by atoms with van der Waals surface area (Å²) in [7, 11) is 0. The van der Waals surface area contributed by atoms with Crippen LogP contribution in [0.2, 0.25) is 0 Å². The maximum atomic E-state index is 11.0. The lowest BCUT2D eigenvalue weighted by Gasteiger charge is -2.08. The predicted molar refractivity (Wildman–Crippen MR) is 77.6 cm³/mol. The molecule has 0 aliphatic carbocycles. The molecule has 0 atom stereocenters. The van der Waals surface area contributed by atoms with Gasteiger partial charge >= 0.3 is 5.97 Å². The van der Waals surface area contributed by atoms with E-state index in [2.05, 4.69) is 12.2 Å². The van der Waals surface area contributed by atoms with Gasteiger partial charge in [-0.2, -0.15) is 0 Å². The SMILES string of the molecule is CCCNc1cccc(-c2cccc(C(=O)O)c2)c1. The van der Waals surface area contributed by atoms with Crippen LogP contribution in [-0.4, -0.2) is 17.6 Å². The molecule has 2 aromatic carbocycles. The van der Waals surface area contributed by atoms with E-state index in [4.69, 9.17) is 5.11 Å². The zero-order chi connectivity index (χ0) is 13.7. The molecule has 0 aromatic heterocycles. The number of aromatic carboxylic acids is 1. The van der Waals surface area contributed by atoms with Gasteiger partial charge in [0.05, 0.1) is 5.56 Å². The number of anilines is 1. The molecule has 2 aromatic rings. The highest BCUT2D eigenvalue weighted by Gasteiger charge is 2.05. The first-order valence-corrected chi connectivity index (χ1v) is 6.38. The minimum absolute atomic E-state index is 0.310. The van der Waals surface area contributed by atoms with Crippen molar-refractivity contribution in [2.24, 2.45) is 0 Å². The van der Waals surface area contributed by atoms with Gasteiger partial charge in [-0.3, -0.25) is 0 Å². The standard InChI is InChI=1S/C16H17NO2/c1-2-9-17-15-8-4-6-13(11-15)12-5-3-7-14(10-12)16(18)19/h3-8,10-11,17H,2,9H2,1H3,(H,18,19). The number of carboxylic acids is 1. The van der Waals surface area contributed by atoms with E-state index < -0.39 is 5.97 Å². The topological polar surface area (TPSA) is 49.3 Å². The van der Waals surface area contributed by atoms with Gasteiger partial charge in [-0.25, -0.2) is 4.79 Å². The molecule has 2 N–H and O–H groups in total. The molecule has 98 valence electrons. The van der Waals surface area contributed by atoms with Gasteiger partial charge in [-0.15, -0.1) is 0 Å². The second kappa shape index (κ2) is 6.05. The molecule has 0 amide bonds. The minimum atomic E-state index is -0.901. The Morgan fingerprint density at radius 1 is 1.11 bits per heavy atom. The Balaban J connectivity index is 2.30. The normalized spacial score (nSPS) is 10.2. The molecule has 0 aliphatic heterocycles. The molecule has 19 heavy (non-hydrogen) atoms. The maximum absolute atomic E-state index is 11.0. The van der Waals surface area contributed by atoms with Crippen LogP contribution >= 0.6 is 0 Å². The summed E-state index contributed by atoms with van der Waals surface area (Å²) in [6.07, 6.45) is 1.07. The summed E-state index contributed by atoms with van der Waals surface area (Å²) < 4.78 is 0. The Morgan fingerprint density at radius 3 is 2.47 bits per heavy atom. The Labute approximate surface area is 112 Å². The molecule has 2 rings (SSSR count). The second-order valence-corrected chi connectivity index (χ2v) is 4.39. The third-order valence-electron chi connectivity index (χ3n) is 2.88. The monoisotopic (exact) mass is 255 g/mol. The van der Waals surface area contributed by atoms with Gasteiger partial charge < -0.3 is 10.4 Å². The first-order chi connectivity index (χ1) is 9.20. The van der Waals surface area contributed by atoms with Crippen LogP contribution in [0.15, 0.2) is 48.5 Å². The van der Waals surface area contributed by atoms with E-state index in [-0.39, 0.29) is 0 Å². The van der Waals surface area contributed by atoms with Crippen molar-refractivity contribution in [2.45, 2.75) is 13.3 Å². The lowest BCUT2D eigenvalue weighted by Crippen LogP contribution is -1.99. The third-order valence-corrected chi connectivity index (χ3v) is 2.88. The fourth-order valence-electron chi connectivity index (χ4n) is 1.91. The van der Waals surface area contributed by atoms with Gasteiger partial charge in [0.25, 0.3) is 0 Å². The Kier molecular flexibility index (Phi) is 4.18. The number of carboxylic acid groups (broad SMARTS) is 1. The first-order valence-electron chi connectivity index (χ1n) is 6.38. The van der Waals surface area contributed by atoms with Crippen molar-refractivity contribution >= 4 is 11.7 Å². The van der Waals surface area contributed by atoms with Gasteiger partial charge in [-0.05, 0) is 41.8 Å². The van der Waals surface area contributed by atoms with Crippen molar-refractivity contribution < 1.29 is 9.90 Å².